The molecule has 0 aliphatic rings. The SMILES string of the molecule is CC(=O)c1cccc(OCC(=O)NCCc2ccc(Cl)s2)c1. The predicted molar refractivity (Wildman–Crippen MR) is 88.0 cm³/mol. The van der Waals surface area contributed by atoms with Gasteiger partial charge in [0.15, 0.2) is 12.4 Å². The summed E-state index contributed by atoms with van der Waals surface area (Å²) in [7, 11) is 0. The minimum Gasteiger partial charge on any atom is -0.484 e. The quantitative estimate of drug-likeness (QED) is 0.788. The number of ketones is 1. The van der Waals surface area contributed by atoms with Gasteiger partial charge in [-0.15, -0.1) is 11.3 Å². The van der Waals surface area contributed by atoms with Crippen molar-refractivity contribution in [2.75, 3.05) is 13.2 Å². The molecule has 1 aromatic heterocycles. The van der Waals surface area contributed by atoms with Gasteiger partial charge in [-0.2, -0.15) is 0 Å². The van der Waals surface area contributed by atoms with E-state index in [9.17, 15) is 9.59 Å². The molecule has 0 fully saturated rings. The van der Waals surface area contributed by atoms with Gasteiger partial charge in [-0.1, -0.05) is 23.7 Å². The number of ether oxygens (including phenoxy) is 1. The fourth-order valence-electron chi connectivity index (χ4n) is 1.82. The lowest BCUT2D eigenvalue weighted by atomic mass is 10.1. The van der Waals surface area contributed by atoms with Gasteiger partial charge in [-0.3, -0.25) is 9.59 Å². The van der Waals surface area contributed by atoms with E-state index in [-0.39, 0.29) is 18.3 Å². The Labute approximate surface area is 138 Å². The Morgan fingerprint density at radius 2 is 2.09 bits per heavy atom. The summed E-state index contributed by atoms with van der Waals surface area (Å²) >= 11 is 7.35. The van der Waals surface area contributed by atoms with E-state index < -0.39 is 0 Å². The van der Waals surface area contributed by atoms with Crippen LogP contribution in [-0.2, 0) is 11.2 Å². The first-order chi connectivity index (χ1) is 10.5. The normalized spacial score (nSPS) is 10.3. The molecule has 2 aromatic rings. The molecule has 0 bridgehead atoms. The van der Waals surface area contributed by atoms with Gasteiger partial charge in [-0.25, -0.2) is 0 Å². The molecule has 0 aliphatic carbocycles. The summed E-state index contributed by atoms with van der Waals surface area (Å²) in [6.07, 6.45) is 0.739. The molecule has 22 heavy (non-hydrogen) atoms. The molecular weight excluding hydrogens is 322 g/mol. The molecule has 0 spiro atoms. The molecule has 6 heteroatoms. The van der Waals surface area contributed by atoms with Gasteiger partial charge >= 0.3 is 0 Å². The molecular formula is C16H16ClNO3S. The van der Waals surface area contributed by atoms with Gasteiger partial charge in [0.2, 0.25) is 0 Å². The van der Waals surface area contributed by atoms with E-state index in [0.717, 1.165) is 15.6 Å². The summed E-state index contributed by atoms with van der Waals surface area (Å²) in [5, 5.41) is 2.78. The number of thiophene rings is 1. The molecule has 1 N–H and O–H groups in total. The van der Waals surface area contributed by atoms with E-state index in [1.54, 1.807) is 24.3 Å². The molecule has 2 rings (SSSR count). The minimum atomic E-state index is -0.198. The number of hydrogen-bond donors (Lipinski definition) is 1. The van der Waals surface area contributed by atoms with Crippen LogP contribution >= 0.6 is 22.9 Å². The molecule has 1 aromatic carbocycles. The number of hydrogen-bond acceptors (Lipinski definition) is 4. The van der Waals surface area contributed by atoms with Gasteiger partial charge in [0.1, 0.15) is 5.75 Å². The van der Waals surface area contributed by atoms with Crippen LogP contribution in [0.25, 0.3) is 0 Å². The Bertz CT molecular complexity index is 669. The Morgan fingerprint density at radius 3 is 2.77 bits per heavy atom. The van der Waals surface area contributed by atoms with Crippen molar-refractivity contribution < 1.29 is 14.3 Å². The van der Waals surface area contributed by atoms with Crippen LogP contribution in [0.3, 0.4) is 0 Å². The smallest absolute Gasteiger partial charge is 0.257 e. The molecule has 0 radical (unpaired) electrons. The van der Waals surface area contributed by atoms with Crippen LogP contribution in [0.1, 0.15) is 22.2 Å². The van der Waals surface area contributed by atoms with Crippen LogP contribution < -0.4 is 10.1 Å². The van der Waals surface area contributed by atoms with E-state index in [4.69, 9.17) is 16.3 Å². The van der Waals surface area contributed by atoms with Crippen LogP contribution in [0, 0.1) is 0 Å². The van der Waals surface area contributed by atoms with Crippen molar-refractivity contribution in [3.63, 3.8) is 0 Å². The second kappa shape index (κ2) is 7.96. The maximum absolute atomic E-state index is 11.7. The first kappa shape index (κ1) is 16.5. The molecule has 4 nitrogen and oxygen atoms in total. The van der Waals surface area contributed by atoms with Crippen LogP contribution in [0.15, 0.2) is 36.4 Å². The molecule has 0 saturated heterocycles. The monoisotopic (exact) mass is 337 g/mol. The van der Waals surface area contributed by atoms with E-state index in [0.29, 0.717) is 17.9 Å². The van der Waals surface area contributed by atoms with Gasteiger partial charge in [0.25, 0.3) is 5.91 Å². The number of amides is 1. The van der Waals surface area contributed by atoms with Gasteiger partial charge < -0.3 is 10.1 Å². The van der Waals surface area contributed by atoms with Crippen molar-refractivity contribution in [3.8, 4) is 5.75 Å². The summed E-state index contributed by atoms with van der Waals surface area (Å²) in [5.41, 5.74) is 0.562. The maximum atomic E-state index is 11.7. The largest absolute Gasteiger partial charge is 0.484 e. The van der Waals surface area contributed by atoms with E-state index in [1.807, 2.05) is 12.1 Å². The number of nitrogens with one attached hydrogen (secondary N) is 1. The third-order valence-electron chi connectivity index (χ3n) is 2.93. The highest BCUT2D eigenvalue weighted by molar-refractivity contribution is 7.16. The summed E-state index contributed by atoms with van der Waals surface area (Å²) in [4.78, 5) is 24.1. The van der Waals surface area contributed by atoms with Crippen molar-refractivity contribution >= 4 is 34.6 Å². The molecule has 1 heterocycles. The number of halogens is 1. The lowest BCUT2D eigenvalue weighted by Gasteiger charge is -2.08. The topological polar surface area (TPSA) is 55.4 Å². The lowest BCUT2D eigenvalue weighted by molar-refractivity contribution is -0.123. The average Bonchev–Trinajstić information content (AvgIpc) is 2.91. The van der Waals surface area contributed by atoms with Crippen LogP contribution in [0.2, 0.25) is 4.34 Å². The molecule has 116 valence electrons. The van der Waals surface area contributed by atoms with Gasteiger partial charge in [0, 0.05) is 17.0 Å². The zero-order valence-corrected chi connectivity index (χ0v) is 13.7. The third-order valence-corrected chi connectivity index (χ3v) is 4.22. The van der Waals surface area contributed by atoms with Crippen molar-refractivity contribution in [2.45, 2.75) is 13.3 Å². The minimum absolute atomic E-state index is 0.0375. The number of rotatable bonds is 7. The third kappa shape index (κ3) is 5.16. The maximum Gasteiger partial charge on any atom is 0.257 e. The standard InChI is InChI=1S/C16H16ClNO3S/c1-11(19)12-3-2-4-13(9-12)21-10-16(20)18-8-7-14-5-6-15(17)22-14/h2-6,9H,7-8,10H2,1H3,(H,18,20). The fourth-order valence-corrected chi connectivity index (χ4v) is 2.90. The summed E-state index contributed by atoms with van der Waals surface area (Å²) in [5.74, 6) is 0.272. The number of Topliss-reactive ketones (excluding diaryl/α,β-unsaturated/α-hetero) is 1. The van der Waals surface area contributed by atoms with Gasteiger partial charge in [0.05, 0.1) is 4.34 Å². The van der Waals surface area contributed by atoms with E-state index >= 15 is 0 Å². The van der Waals surface area contributed by atoms with Crippen molar-refractivity contribution in [2.24, 2.45) is 0 Å². The fraction of sp³-hybridized carbons (Fsp3) is 0.250. The van der Waals surface area contributed by atoms with Gasteiger partial charge in [-0.05, 0) is 37.6 Å². The van der Waals surface area contributed by atoms with Crippen molar-refractivity contribution in [3.05, 3.63) is 51.2 Å². The van der Waals surface area contributed by atoms with Crippen LogP contribution in [0.5, 0.6) is 5.75 Å². The predicted octanol–water partition coefficient (Wildman–Crippen LogP) is 3.34. The number of benzene rings is 1. The summed E-state index contributed by atoms with van der Waals surface area (Å²) in [6.45, 7) is 1.95. The van der Waals surface area contributed by atoms with Crippen molar-refractivity contribution in [1.29, 1.82) is 0 Å². The van der Waals surface area contributed by atoms with E-state index in [1.165, 1.54) is 18.3 Å². The Balaban J connectivity index is 1.73. The first-order valence-corrected chi connectivity index (χ1v) is 7.99. The summed E-state index contributed by atoms with van der Waals surface area (Å²) < 4.78 is 6.13. The van der Waals surface area contributed by atoms with E-state index in [2.05, 4.69) is 5.32 Å². The number of carbonyl (C=O) groups is 2. The Hall–Kier alpha value is -1.85. The summed E-state index contributed by atoms with van der Waals surface area (Å²) in [6, 6.07) is 10.6. The zero-order chi connectivity index (χ0) is 15.9. The lowest BCUT2D eigenvalue weighted by Crippen LogP contribution is -2.30. The highest BCUT2D eigenvalue weighted by atomic mass is 35.5. The molecule has 1 amide bonds. The van der Waals surface area contributed by atoms with Crippen molar-refractivity contribution in [1.82, 2.24) is 5.32 Å². The average molecular weight is 338 g/mol. The highest BCUT2D eigenvalue weighted by Crippen LogP contribution is 2.21. The Kier molecular flexibility index (Phi) is 5.98. The number of carbonyl (C=O) groups excluding carboxylic acids is 2. The molecule has 0 saturated carbocycles. The zero-order valence-electron chi connectivity index (χ0n) is 12.1. The second-order valence-electron chi connectivity index (χ2n) is 4.68. The van der Waals surface area contributed by atoms with Crippen LogP contribution in [-0.4, -0.2) is 24.8 Å². The second-order valence-corrected chi connectivity index (χ2v) is 6.48. The van der Waals surface area contributed by atoms with Crippen LogP contribution in [0.4, 0.5) is 0 Å². The Morgan fingerprint density at radius 1 is 1.27 bits per heavy atom. The molecule has 0 atom stereocenters. The molecule has 0 unspecified atom stereocenters. The molecule has 0 aliphatic heterocycles. The first-order valence-electron chi connectivity index (χ1n) is 6.79. The highest BCUT2D eigenvalue weighted by Gasteiger charge is 2.05.